The summed E-state index contributed by atoms with van der Waals surface area (Å²) in [4.78, 5) is 0. The van der Waals surface area contributed by atoms with Crippen LogP contribution in [0.25, 0.3) is 10.9 Å². The van der Waals surface area contributed by atoms with Gasteiger partial charge in [0.25, 0.3) is 0 Å². The summed E-state index contributed by atoms with van der Waals surface area (Å²) in [7, 11) is 1.76. The number of aryl methyl sites for hydroxylation is 1. The van der Waals surface area contributed by atoms with E-state index >= 15 is 0 Å². The summed E-state index contributed by atoms with van der Waals surface area (Å²) >= 11 is 5.00. The second kappa shape index (κ2) is 4.79. The van der Waals surface area contributed by atoms with E-state index in [9.17, 15) is 8.78 Å². The highest BCUT2D eigenvalue weighted by Gasteiger charge is 2.37. The largest absolute Gasteiger partial charge is 0.338 e. The number of halogens is 3. The van der Waals surface area contributed by atoms with Gasteiger partial charge in [0.2, 0.25) is 0 Å². The molecule has 3 N–H and O–H groups in total. The summed E-state index contributed by atoms with van der Waals surface area (Å²) in [6.07, 6.45) is -0.0473. The van der Waals surface area contributed by atoms with E-state index in [1.165, 1.54) is 0 Å². The molecule has 0 saturated heterocycles. The first-order valence-electron chi connectivity index (χ1n) is 5.37. The van der Waals surface area contributed by atoms with Gasteiger partial charge >= 0.3 is 5.38 Å². The van der Waals surface area contributed by atoms with Gasteiger partial charge in [0.05, 0.1) is 11.2 Å². The molecule has 0 saturated carbocycles. The van der Waals surface area contributed by atoms with E-state index in [1.807, 2.05) is 29.7 Å². The number of nitrogens with two attached hydrogens (primary N) is 1. The zero-order valence-electron chi connectivity index (χ0n) is 9.70. The molecule has 0 amide bonds. The van der Waals surface area contributed by atoms with Crippen molar-refractivity contribution in [1.29, 1.82) is 0 Å². The molecule has 1 aromatic heterocycles. The van der Waals surface area contributed by atoms with Crippen LogP contribution in [-0.4, -0.2) is 21.2 Å². The van der Waals surface area contributed by atoms with Crippen molar-refractivity contribution in [2.45, 2.75) is 17.8 Å². The third-order valence-electron chi connectivity index (χ3n) is 2.83. The van der Waals surface area contributed by atoms with E-state index in [4.69, 9.17) is 17.4 Å². The van der Waals surface area contributed by atoms with Crippen LogP contribution in [0.15, 0.2) is 24.3 Å². The van der Waals surface area contributed by atoms with Crippen LogP contribution in [0.1, 0.15) is 5.69 Å². The minimum absolute atomic E-state index is 0.0473. The van der Waals surface area contributed by atoms with Gasteiger partial charge in [-0.05, 0) is 17.7 Å². The summed E-state index contributed by atoms with van der Waals surface area (Å²) in [5.41, 5.74) is 3.45. The zero-order valence-corrected chi connectivity index (χ0v) is 10.5. The van der Waals surface area contributed by atoms with Crippen LogP contribution in [0.4, 0.5) is 8.78 Å². The van der Waals surface area contributed by atoms with E-state index in [0.29, 0.717) is 5.69 Å². The van der Waals surface area contributed by atoms with Crippen LogP contribution >= 0.6 is 11.6 Å². The number of rotatable bonds is 4. The average molecular weight is 275 g/mol. The first-order chi connectivity index (χ1) is 8.43. The van der Waals surface area contributed by atoms with E-state index in [-0.39, 0.29) is 6.42 Å². The fourth-order valence-corrected chi connectivity index (χ4v) is 2.04. The number of nitrogens with zero attached hydrogens (tertiary/aromatic N) is 2. The summed E-state index contributed by atoms with van der Waals surface area (Å²) in [5.74, 6) is 5.11. The van der Waals surface area contributed by atoms with Crippen LogP contribution in [0, 0.1) is 0 Å². The lowest BCUT2D eigenvalue weighted by atomic mass is 10.1. The Bertz CT molecular complexity index is 549. The van der Waals surface area contributed by atoms with Gasteiger partial charge in [-0.2, -0.15) is 13.9 Å². The van der Waals surface area contributed by atoms with Crippen LogP contribution in [-0.2, 0) is 13.5 Å². The second-order valence-electron chi connectivity index (χ2n) is 4.05. The number of nitrogens with one attached hydrogen (secondary N) is 1. The van der Waals surface area contributed by atoms with Gasteiger partial charge in [0.1, 0.15) is 6.04 Å². The Hall–Kier alpha value is -1.24. The van der Waals surface area contributed by atoms with Crippen LogP contribution < -0.4 is 11.3 Å². The molecular formula is C11H13ClF2N4. The summed E-state index contributed by atoms with van der Waals surface area (Å²) in [6.45, 7) is 0. The molecule has 0 radical (unpaired) electrons. The fourth-order valence-electron chi connectivity index (χ4n) is 1.90. The van der Waals surface area contributed by atoms with Crippen molar-refractivity contribution in [3.63, 3.8) is 0 Å². The van der Waals surface area contributed by atoms with Crippen molar-refractivity contribution < 1.29 is 8.78 Å². The molecule has 1 unspecified atom stereocenters. The molecular weight excluding hydrogens is 262 g/mol. The van der Waals surface area contributed by atoms with Crippen LogP contribution in [0.5, 0.6) is 0 Å². The Morgan fingerprint density at radius 1 is 1.50 bits per heavy atom. The second-order valence-corrected chi connectivity index (χ2v) is 4.56. The lowest BCUT2D eigenvalue weighted by Crippen LogP contribution is -2.47. The average Bonchev–Trinajstić information content (AvgIpc) is 2.62. The van der Waals surface area contributed by atoms with Crippen LogP contribution in [0.2, 0.25) is 0 Å². The molecule has 4 nitrogen and oxygen atoms in total. The van der Waals surface area contributed by atoms with Gasteiger partial charge in [-0.15, -0.1) is 0 Å². The molecule has 2 rings (SSSR count). The first kappa shape index (κ1) is 13.2. The number of para-hydroxylation sites is 1. The first-order valence-corrected chi connectivity index (χ1v) is 5.74. The monoisotopic (exact) mass is 274 g/mol. The summed E-state index contributed by atoms with van der Waals surface area (Å²) in [5, 5.41) is 1.62. The fraction of sp³-hybridized carbons (Fsp3) is 0.364. The molecule has 0 spiro atoms. The molecule has 0 aliphatic carbocycles. The maximum absolute atomic E-state index is 13.1. The smallest absolute Gasteiger partial charge is 0.271 e. The molecule has 7 heteroatoms. The third kappa shape index (κ3) is 2.45. The number of benzene rings is 1. The van der Waals surface area contributed by atoms with E-state index in [1.54, 1.807) is 11.7 Å². The Morgan fingerprint density at radius 2 is 2.17 bits per heavy atom. The molecule has 1 atom stereocenters. The van der Waals surface area contributed by atoms with Crippen molar-refractivity contribution in [3.8, 4) is 0 Å². The number of alkyl halides is 3. The van der Waals surface area contributed by atoms with Crippen molar-refractivity contribution in [3.05, 3.63) is 30.0 Å². The maximum Gasteiger partial charge on any atom is 0.338 e. The molecule has 0 fully saturated rings. The standard InChI is InChI=1S/C11H13ClF2N4/c1-18-9-5-3-2-4-7(9)8(17-18)6-10(16-15)11(12,13)14/h2-5,10,16H,6,15H2,1H3. The summed E-state index contributed by atoms with van der Waals surface area (Å²) < 4.78 is 27.8. The van der Waals surface area contributed by atoms with E-state index in [0.717, 1.165) is 10.9 Å². The van der Waals surface area contributed by atoms with Crippen molar-refractivity contribution in [2.75, 3.05) is 0 Å². The van der Waals surface area contributed by atoms with Crippen molar-refractivity contribution >= 4 is 22.5 Å². The van der Waals surface area contributed by atoms with Gasteiger partial charge in [0, 0.05) is 18.9 Å². The Kier molecular flexibility index (Phi) is 3.52. The van der Waals surface area contributed by atoms with Gasteiger partial charge in [-0.1, -0.05) is 18.2 Å². The zero-order chi connectivity index (χ0) is 13.3. The SMILES string of the molecule is Cn1nc(CC(NN)C(F)(F)Cl)c2ccccc21. The number of aromatic nitrogens is 2. The third-order valence-corrected chi connectivity index (χ3v) is 3.09. The highest BCUT2D eigenvalue weighted by atomic mass is 35.5. The lowest BCUT2D eigenvalue weighted by Gasteiger charge is -2.19. The number of hydrogen-bond donors (Lipinski definition) is 2. The lowest BCUT2D eigenvalue weighted by molar-refractivity contribution is 0.0499. The van der Waals surface area contributed by atoms with Gasteiger partial charge in [-0.3, -0.25) is 10.5 Å². The minimum Gasteiger partial charge on any atom is -0.271 e. The van der Waals surface area contributed by atoms with E-state index in [2.05, 4.69) is 5.10 Å². The van der Waals surface area contributed by atoms with Gasteiger partial charge in [0.15, 0.2) is 0 Å². The van der Waals surface area contributed by atoms with Crippen molar-refractivity contribution in [1.82, 2.24) is 15.2 Å². The quantitative estimate of drug-likeness (QED) is 0.508. The number of hydrogen-bond acceptors (Lipinski definition) is 3. The number of hydrazine groups is 1. The highest BCUT2D eigenvalue weighted by molar-refractivity contribution is 6.22. The van der Waals surface area contributed by atoms with Crippen LogP contribution in [0.3, 0.4) is 0 Å². The molecule has 0 bridgehead atoms. The Morgan fingerprint density at radius 3 is 2.78 bits per heavy atom. The topological polar surface area (TPSA) is 55.9 Å². The Balaban J connectivity index is 2.37. The van der Waals surface area contributed by atoms with E-state index < -0.39 is 11.4 Å². The highest BCUT2D eigenvalue weighted by Crippen LogP contribution is 2.27. The maximum atomic E-state index is 13.1. The van der Waals surface area contributed by atoms with Gasteiger partial charge < -0.3 is 0 Å². The normalized spacial score (nSPS) is 14.1. The Labute approximate surface area is 108 Å². The minimum atomic E-state index is -3.42. The molecule has 0 aliphatic rings. The summed E-state index contributed by atoms with van der Waals surface area (Å²) in [6, 6.07) is 6.03. The number of fused-ring (bicyclic) bond motifs is 1. The predicted molar refractivity (Wildman–Crippen MR) is 66.3 cm³/mol. The molecule has 2 aromatic rings. The molecule has 18 heavy (non-hydrogen) atoms. The van der Waals surface area contributed by atoms with Gasteiger partial charge in [-0.25, -0.2) is 5.43 Å². The van der Waals surface area contributed by atoms with Crippen molar-refractivity contribution in [2.24, 2.45) is 12.9 Å². The predicted octanol–water partition coefficient (Wildman–Crippen LogP) is 1.78. The molecule has 1 heterocycles. The molecule has 1 aromatic carbocycles. The molecule has 98 valence electrons. The molecule has 0 aliphatic heterocycles.